The van der Waals surface area contributed by atoms with Crippen LogP contribution in [0, 0.1) is 20.8 Å². The standard InChI is InChI=1S/C29H36N2O3S/c1-21-10-8-11-26(23(21)3)24-13-15-25(16-14-24)27-19-31(28(27)20-32)18-7-6-17-30-35(33,34)29-12-5-4-9-22(29)2/h4-5,8-16,27-28,30,32H,6-7,17-20H2,1-3H3/t27-,28?/m1/s1. The number of unbranched alkanes of at least 4 members (excludes halogenated alkanes) is 1. The molecule has 0 spiro atoms. The lowest BCUT2D eigenvalue weighted by Gasteiger charge is -2.48. The number of hydrogen-bond donors (Lipinski definition) is 2. The molecule has 6 heteroatoms. The Balaban J connectivity index is 1.26. The summed E-state index contributed by atoms with van der Waals surface area (Å²) < 4.78 is 27.7. The van der Waals surface area contributed by atoms with Gasteiger partial charge in [0.2, 0.25) is 10.0 Å². The first-order valence-corrected chi connectivity index (χ1v) is 13.9. The monoisotopic (exact) mass is 492 g/mol. The van der Waals surface area contributed by atoms with E-state index in [-0.39, 0.29) is 12.6 Å². The fourth-order valence-electron chi connectivity index (χ4n) is 5.01. The summed E-state index contributed by atoms with van der Waals surface area (Å²) in [6.07, 6.45) is 1.64. The van der Waals surface area contributed by atoms with Crippen LogP contribution in [-0.2, 0) is 10.0 Å². The molecule has 0 bridgehead atoms. The molecular weight excluding hydrogens is 456 g/mol. The fraction of sp³-hybridized carbons (Fsp3) is 0.379. The highest BCUT2D eigenvalue weighted by Gasteiger charge is 2.38. The van der Waals surface area contributed by atoms with Gasteiger partial charge in [-0.25, -0.2) is 13.1 Å². The molecule has 5 nitrogen and oxygen atoms in total. The Hall–Kier alpha value is -2.51. The quantitative estimate of drug-likeness (QED) is 0.399. The zero-order chi connectivity index (χ0) is 25.0. The Morgan fingerprint density at radius 2 is 1.63 bits per heavy atom. The number of aliphatic hydroxyl groups excluding tert-OH is 1. The van der Waals surface area contributed by atoms with Crippen molar-refractivity contribution in [2.75, 3.05) is 26.2 Å². The second kappa shape index (κ2) is 11.0. The van der Waals surface area contributed by atoms with Crippen molar-refractivity contribution in [3.63, 3.8) is 0 Å². The van der Waals surface area contributed by atoms with E-state index in [1.54, 1.807) is 25.1 Å². The normalized spacial score (nSPS) is 18.4. The number of nitrogens with zero attached hydrogens (tertiary/aromatic N) is 1. The third-order valence-corrected chi connectivity index (χ3v) is 8.97. The van der Waals surface area contributed by atoms with Gasteiger partial charge in [-0.15, -0.1) is 0 Å². The van der Waals surface area contributed by atoms with E-state index in [1.165, 1.54) is 27.8 Å². The van der Waals surface area contributed by atoms with Gasteiger partial charge in [-0.1, -0.05) is 60.7 Å². The lowest BCUT2D eigenvalue weighted by molar-refractivity contribution is 0.0161. The van der Waals surface area contributed by atoms with E-state index in [2.05, 4.69) is 65.9 Å². The Morgan fingerprint density at radius 3 is 2.34 bits per heavy atom. The van der Waals surface area contributed by atoms with E-state index in [1.807, 2.05) is 6.07 Å². The highest BCUT2D eigenvalue weighted by Crippen LogP contribution is 2.35. The Labute approximate surface area is 209 Å². The maximum Gasteiger partial charge on any atom is 0.240 e. The van der Waals surface area contributed by atoms with Gasteiger partial charge in [0, 0.05) is 25.0 Å². The van der Waals surface area contributed by atoms with Crippen molar-refractivity contribution in [2.45, 2.75) is 50.5 Å². The maximum absolute atomic E-state index is 12.5. The van der Waals surface area contributed by atoms with Gasteiger partial charge in [0.15, 0.2) is 0 Å². The zero-order valence-corrected chi connectivity index (χ0v) is 21.7. The highest BCUT2D eigenvalue weighted by molar-refractivity contribution is 7.89. The molecule has 2 N–H and O–H groups in total. The molecule has 1 fully saturated rings. The molecule has 35 heavy (non-hydrogen) atoms. The first-order chi connectivity index (χ1) is 16.8. The summed E-state index contributed by atoms with van der Waals surface area (Å²) in [4.78, 5) is 2.65. The second-order valence-electron chi connectivity index (χ2n) is 9.59. The predicted molar refractivity (Wildman–Crippen MR) is 142 cm³/mol. The van der Waals surface area contributed by atoms with E-state index in [0.29, 0.717) is 17.4 Å². The third kappa shape index (κ3) is 5.67. The van der Waals surface area contributed by atoms with Crippen molar-refractivity contribution >= 4 is 10.0 Å². The molecule has 4 rings (SSSR count). The molecule has 1 saturated heterocycles. The highest BCUT2D eigenvalue weighted by atomic mass is 32.2. The fourth-order valence-corrected chi connectivity index (χ4v) is 6.33. The summed E-state index contributed by atoms with van der Waals surface area (Å²) in [6, 6.07) is 22.3. The van der Waals surface area contributed by atoms with Crippen LogP contribution in [0.25, 0.3) is 11.1 Å². The Bertz CT molecular complexity index is 1260. The molecule has 0 amide bonds. The van der Waals surface area contributed by atoms with Gasteiger partial charge in [-0.05, 0) is 79.6 Å². The van der Waals surface area contributed by atoms with Crippen molar-refractivity contribution in [3.8, 4) is 11.1 Å². The lowest BCUT2D eigenvalue weighted by atomic mass is 9.82. The average molecular weight is 493 g/mol. The molecular formula is C29H36N2O3S. The molecule has 186 valence electrons. The molecule has 0 aromatic heterocycles. The Kier molecular flexibility index (Phi) is 8.07. The molecule has 0 radical (unpaired) electrons. The van der Waals surface area contributed by atoms with Gasteiger partial charge >= 0.3 is 0 Å². The van der Waals surface area contributed by atoms with Gasteiger partial charge in [-0.3, -0.25) is 4.90 Å². The van der Waals surface area contributed by atoms with Crippen LogP contribution in [0.4, 0.5) is 0 Å². The summed E-state index contributed by atoms with van der Waals surface area (Å²) >= 11 is 0. The number of likely N-dealkylation sites (tertiary alicyclic amines) is 1. The van der Waals surface area contributed by atoms with Gasteiger partial charge in [0.05, 0.1) is 11.5 Å². The minimum absolute atomic E-state index is 0.116. The third-order valence-electron chi connectivity index (χ3n) is 7.35. The molecule has 1 heterocycles. The van der Waals surface area contributed by atoms with Gasteiger partial charge in [0.25, 0.3) is 0 Å². The van der Waals surface area contributed by atoms with Crippen LogP contribution in [0.5, 0.6) is 0 Å². The predicted octanol–water partition coefficient (Wildman–Crippen LogP) is 4.80. The number of rotatable bonds is 10. The first kappa shape index (κ1) is 25.6. The molecule has 1 unspecified atom stereocenters. The molecule has 2 atom stereocenters. The minimum Gasteiger partial charge on any atom is -0.395 e. The second-order valence-corrected chi connectivity index (χ2v) is 11.3. The van der Waals surface area contributed by atoms with E-state index in [9.17, 15) is 13.5 Å². The number of nitrogens with one attached hydrogen (secondary N) is 1. The van der Waals surface area contributed by atoms with Gasteiger partial charge in [0.1, 0.15) is 0 Å². The molecule has 0 saturated carbocycles. The molecule has 1 aliphatic rings. The molecule has 3 aromatic rings. The van der Waals surface area contributed by atoms with Crippen molar-refractivity contribution in [1.82, 2.24) is 9.62 Å². The van der Waals surface area contributed by atoms with Gasteiger partial charge < -0.3 is 5.11 Å². The van der Waals surface area contributed by atoms with Crippen LogP contribution >= 0.6 is 0 Å². The molecule has 3 aromatic carbocycles. The topological polar surface area (TPSA) is 69.6 Å². The smallest absolute Gasteiger partial charge is 0.240 e. The van der Waals surface area contributed by atoms with Crippen LogP contribution in [0.15, 0.2) is 71.6 Å². The molecule has 0 aliphatic carbocycles. The SMILES string of the molecule is Cc1ccccc1S(=O)(=O)NCCCCN1C[C@H](c2ccc(-c3cccc(C)c3C)cc2)C1CO. The van der Waals surface area contributed by atoms with Crippen LogP contribution in [0.3, 0.4) is 0 Å². The van der Waals surface area contributed by atoms with E-state index in [4.69, 9.17) is 0 Å². The average Bonchev–Trinajstić information content (AvgIpc) is 2.83. The summed E-state index contributed by atoms with van der Waals surface area (Å²) in [7, 11) is -3.48. The number of hydrogen-bond acceptors (Lipinski definition) is 4. The number of benzene rings is 3. The van der Waals surface area contributed by atoms with E-state index >= 15 is 0 Å². The summed E-state index contributed by atoms with van der Waals surface area (Å²) in [5.41, 5.74) is 7.11. The van der Waals surface area contributed by atoms with E-state index < -0.39 is 10.0 Å². The first-order valence-electron chi connectivity index (χ1n) is 12.4. The molecule has 1 aliphatic heterocycles. The van der Waals surface area contributed by atoms with Crippen LogP contribution < -0.4 is 4.72 Å². The van der Waals surface area contributed by atoms with Crippen molar-refractivity contribution < 1.29 is 13.5 Å². The van der Waals surface area contributed by atoms with Gasteiger partial charge in [-0.2, -0.15) is 0 Å². The lowest BCUT2D eigenvalue weighted by Crippen LogP contribution is -2.56. The zero-order valence-electron chi connectivity index (χ0n) is 20.9. The number of aryl methyl sites for hydroxylation is 2. The van der Waals surface area contributed by atoms with Crippen molar-refractivity contribution in [3.05, 3.63) is 89.0 Å². The van der Waals surface area contributed by atoms with Crippen molar-refractivity contribution in [1.29, 1.82) is 0 Å². The van der Waals surface area contributed by atoms with Crippen LogP contribution in [-0.4, -0.2) is 50.7 Å². The summed E-state index contributed by atoms with van der Waals surface area (Å²) in [5.74, 6) is 0.326. The number of aliphatic hydroxyl groups is 1. The van der Waals surface area contributed by atoms with Crippen LogP contribution in [0.2, 0.25) is 0 Å². The maximum atomic E-state index is 12.5. The van der Waals surface area contributed by atoms with Crippen molar-refractivity contribution in [2.24, 2.45) is 0 Å². The van der Waals surface area contributed by atoms with E-state index in [0.717, 1.165) is 31.5 Å². The summed E-state index contributed by atoms with van der Waals surface area (Å²) in [6.45, 7) is 8.43. The Morgan fingerprint density at radius 1 is 0.914 bits per heavy atom. The van der Waals surface area contributed by atoms with Crippen LogP contribution in [0.1, 0.15) is 41.0 Å². The summed E-state index contributed by atoms with van der Waals surface area (Å²) in [5, 5.41) is 10.0. The largest absolute Gasteiger partial charge is 0.395 e. The number of sulfonamides is 1. The minimum atomic E-state index is -3.48.